The van der Waals surface area contributed by atoms with Gasteiger partial charge in [0.15, 0.2) is 0 Å². The standard InChI is InChI=1S/C13H21N3O/c14-10-12-13(5-3-7-15-12)16-8-2-1-4-11(16)6-9-17/h3,5,7,11,17H,1-2,4,6,8-10,14H2. The van der Waals surface area contributed by atoms with Gasteiger partial charge in [-0.2, -0.15) is 0 Å². The summed E-state index contributed by atoms with van der Waals surface area (Å²) < 4.78 is 0. The summed E-state index contributed by atoms with van der Waals surface area (Å²) in [7, 11) is 0. The van der Waals surface area contributed by atoms with Crippen LogP contribution in [0.3, 0.4) is 0 Å². The number of anilines is 1. The summed E-state index contributed by atoms with van der Waals surface area (Å²) in [5.41, 5.74) is 7.84. The van der Waals surface area contributed by atoms with Gasteiger partial charge in [0.25, 0.3) is 0 Å². The highest BCUT2D eigenvalue weighted by atomic mass is 16.3. The van der Waals surface area contributed by atoms with Crippen LogP contribution in [0.5, 0.6) is 0 Å². The lowest BCUT2D eigenvalue weighted by Gasteiger charge is -2.38. The average Bonchev–Trinajstić information content (AvgIpc) is 2.40. The molecule has 0 spiro atoms. The molecule has 94 valence electrons. The molecule has 1 aromatic heterocycles. The number of rotatable bonds is 4. The van der Waals surface area contributed by atoms with Crippen molar-refractivity contribution < 1.29 is 5.11 Å². The van der Waals surface area contributed by atoms with Gasteiger partial charge in [-0.3, -0.25) is 4.98 Å². The number of piperidine rings is 1. The number of nitrogens with zero attached hydrogens (tertiary/aromatic N) is 2. The van der Waals surface area contributed by atoms with Crippen molar-refractivity contribution in [3.05, 3.63) is 24.0 Å². The lowest BCUT2D eigenvalue weighted by atomic mass is 9.98. The first kappa shape index (κ1) is 12.3. The number of hydrogen-bond acceptors (Lipinski definition) is 4. The van der Waals surface area contributed by atoms with E-state index in [9.17, 15) is 0 Å². The van der Waals surface area contributed by atoms with E-state index in [2.05, 4.69) is 16.0 Å². The minimum absolute atomic E-state index is 0.249. The maximum atomic E-state index is 9.14. The summed E-state index contributed by atoms with van der Waals surface area (Å²) in [5, 5.41) is 9.14. The van der Waals surface area contributed by atoms with E-state index in [0.717, 1.165) is 30.8 Å². The third-order valence-electron chi connectivity index (χ3n) is 3.46. The highest BCUT2D eigenvalue weighted by Crippen LogP contribution is 2.28. The van der Waals surface area contributed by atoms with E-state index in [-0.39, 0.29) is 6.61 Å². The molecule has 2 heterocycles. The molecular weight excluding hydrogens is 214 g/mol. The van der Waals surface area contributed by atoms with E-state index in [4.69, 9.17) is 10.8 Å². The van der Waals surface area contributed by atoms with Crippen molar-refractivity contribution in [3.8, 4) is 0 Å². The Morgan fingerprint density at radius 2 is 2.35 bits per heavy atom. The van der Waals surface area contributed by atoms with Crippen LogP contribution in [0.2, 0.25) is 0 Å². The molecule has 0 amide bonds. The second-order valence-electron chi connectivity index (χ2n) is 4.53. The summed E-state index contributed by atoms with van der Waals surface area (Å²) in [6, 6.07) is 4.48. The average molecular weight is 235 g/mol. The van der Waals surface area contributed by atoms with Gasteiger partial charge in [0.1, 0.15) is 0 Å². The summed E-state index contributed by atoms with van der Waals surface area (Å²) in [6.07, 6.45) is 6.23. The molecule has 1 aliphatic heterocycles. The zero-order chi connectivity index (χ0) is 12.1. The number of aliphatic hydroxyl groups excluding tert-OH is 1. The molecule has 17 heavy (non-hydrogen) atoms. The molecule has 1 unspecified atom stereocenters. The van der Waals surface area contributed by atoms with Gasteiger partial charge in [0.2, 0.25) is 0 Å². The van der Waals surface area contributed by atoms with Crippen LogP contribution in [0.25, 0.3) is 0 Å². The molecule has 1 atom stereocenters. The number of pyridine rings is 1. The van der Waals surface area contributed by atoms with Crippen molar-refractivity contribution in [2.75, 3.05) is 18.1 Å². The Kier molecular flexibility index (Phi) is 4.34. The zero-order valence-electron chi connectivity index (χ0n) is 10.2. The largest absolute Gasteiger partial charge is 0.396 e. The predicted molar refractivity (Wildman–Crippen MR) is 68.8 cm³/mol. The fourth-order valence-electron chi connectivity index (χ4n) is 2.62. The fraction of sp³-hybridized carbons (Fsp3) is 0.615. The van der Waals surface area contributed by atoms with E-state index in [1.54, 1.807) is 6.20 Å². The predicted octanol–water partition coefficient (Wildman–Crippen LogP) is 1.28. The van der Waals surface area contributed by atoms with Gasteiger partial charge in [-0.05, 0) is 37.8 Å². The molecule has 0 radical (unpaired) electrons. The van der Waals surface area contributed by atoms with Crippen molar-refractivity contribution in [2.24, 2.45) is 5.73 Å². The van der Waals surface area contributed by atoms with Crippen LogP contribution in [-0.4, -0.2) is 29.3 Å². The SMILES string of the molecule is NCc1ncccc1N1CCCCC1CCO. The minimum Gasteiger partial charge on any atom is -0.396 e. The van der Waals surface area contributed by atoms with Crippen LogP contribution in [0, 0.1) is 0 Å². The second-order valence-corrected chi connectivity index (χ2v) is 4.53. The Morgan fingerprint density at radius 3 is 3.12 bits per heavy atom. The van der Waals surface area contributed by atoms with Gasteiger partial charge in [-0.1, -0.05) is 0 Å². The highest BCUT2D eigenvalue weighted by Gasteiger charge is 2.23. The van der Waals surface area contributed by atoms with Gasteiger partial charge in [-0.25, -0.2) is 0 Å². The molecule has 1 aromatic rings. The number of hydrogen-bond donors (Lipinski definition) is 2. The molecule has 4 heteroatoms. The lowest BCUT2D eigenvalue weighted by Crippen LogP contribution is -2.41. The Labute approximate surface area is 102 Å². The smallest absolute Gasteiger partial charge is 0.0772 e. The van der Waals surface area contributed by atoms with E-state index < -0.39 is 0 Å². The fourth-order valence-corrected chi connectivity index (χ4v) is 2.62. The van der Waals surface area contributed by atoms with Crippen molar-refractivity contribution in [2.45, 2.75) is 38.3 Å². The highest BCUT2D eigenvalue weighted by molar-refractivity contribution is 5.51. The molecule has 0 aliphatic carbocycles. The number of nitrogens with two attached hydrogens (primary N) is 1. The molecule has 4 nitrogen and oxygen atoms in total. The Balaban J connectivity index is 2.22. The Morgan fingerprint density at radius 1 is 1.47 bits per heavy atom. The second kappa shape index (κ2) is 5.98. The molecule has 0 aromatic carbocycles. The van der Waals surface area contributed by atoms with E-state index in [1.807, 2.05) is 6.07 Å². The molecular formula is C13H21N3O. The lowest BCUT2D eigenvalue weighted by molar-refractivity contribution is 0.262. The van der Waals surface area contributed by atoms with Crippen molar-refractivity contribution >= 4 is 5.69 Å². The minimum atomic E-state index is 0.249. The van der Waals surface area contributed by atoms with Crippen LogP contribution in [-0.2, 0) is 6.54 Å². The first-order valence-corrected chi connectivity index (χ1v) is 6.38. The van der Waals surface area contributed by atoms with Gasteiger partial charge < -0.3 is 15.7 Å². The molecule has 0 saturated carbocycles. The van der Waals surface area contributed by atoms with Crippen LogP contribution >= 0.6 is 0 Å². The molecule has 0 bridgehead atoms. The van der Waals surface area contributed by atoms with Crippen LogP contribution in [0.15, 0.2) is 18.3 Å². The first-order chi connectivity index (χ1) is 8.36. The normalized spacial score (nSPS) is 20.6. The van der Waals surface area contributed by atoms with Crippen molar-refractivity contribution in [1.82, 2.24) is 4.98 Å². The van der Waals surface area contributed by atoms with Gasteiger partial charge >= 0.3 is 0 Å². The summed E-state index contributed by atoms with van der Waals surface area (Å²) in [6.45, 7) is 1.77. The quantitative estimate of drug-likeness (QED) is 0.825. The zero-order valence-corrected chi connectivity index (χ0v) is 10.2. The molecule has 1 aliphatic rings. The van der Waals surface area contributed by atoms with Crippen LogP contribution in [0.4, 0.5) is 5.69 Å². The van der Waals surface area contributed by atoms with Crippen molar-refractivity contribution in [3.63, 3.8) is 0 Å². The number of aliphatic hydroxyl groups is 1. The molecule has 2 rings (SSSR count). The molecule has 1 fully saturated rings. The molecule has 1 saturated heterocycles. The summed E-state index contributed by atoms with van der Waals surface area (Å²) in [4.78, 5) is 6.71. The van der Waals surface area contributed by atoms with Gasteiger partial charge in [0, 0.05) is 31.9 Å². The van der Waals surface area contributed by atoms with Gasteiger partial charge in [-0.15, -0.1) is 0 Å². The van der Waals surface area contributed by atoms with E-state index >= 15 is 0 Å². The monoisotopic (exact) mass is 235 g/mol. The summed E-state index contributed by atoms with van der Waals surface area (Å²) in [5.74, 6) is 0. The van der Waals surface area contributed by atoms with Crippen LogP contribution in [0.1, 0.15) is 31.4 Å². The maximum Gasteiger partial charge on any atom is 0.0772 e. The molecule has 3 N–H and O–H groups in total. The Bertz CT molecular complexity index is 354. The Hall–Kier alpha value is -1.13. The van der Waals surface area contributed by atoms with E-state index in [0.29, 0.717) is 12.6 Å². The van der Waals surface area contributed by atoms with Gasteiger partial charge in [0.05, 0.1) is 11.4 Å². The third-order valence-corrected chi connectivity index (χ3v) is 3.46. The van der Waals surface area contributed by atoms with Crippen molar-refractivity contribution in [1.29, 1.82) is 0 Å². The summed E-state index contributed by atoms with van der Waals surface area (Å²) >= 11 is 0. The van der Waals surface area contributed by atoms with E-state index in [1.165, 1.54) is 12.8 Å². The third kappa shape index (κ3) is 2.76. The topological polar surface area (TPSA) is 62.4 Å². The first-order valence-electron chi connectivity index (χ1n) is 6.38. The number of aromatic nitrogens is 1. The van der Waals surface area contributed by atoms with Crippen LogP contribution < -0.4 is 10.6 Å². The maximum absolute atomic E-state index is 9.14.